The lowest BCUT2D eigenvalue weighted by Gasteiger charge is -2.27. The molecule has 4 heteroatoms. The first-order valence-corrected chi connectivity index (χ1v) is 7.92. The number of ether oxygens (including phenoxy) is 1. The fourth-order valence-electron chi connectivity index (χ4n) is 2.63. The lowest BCUT2D eigenvalue weighted by Crippen LogP contribution is -2.29. The summed E-state index contributed by atoms with van der Waals surface area (Å²) in [5, 5.41) is 4.54. The van der Waals surface area contributed by atoms with Crippen LogP contribution in [0.1, 0.15) is 24.4 Å². The molecule has 0 bridgehead atoms. The lowest BCUT2D eigenvalue weighted by molar-refractivity contribution is 0.184. The molecule has 0 spiro atoms. The fraction of sp³-hybridized carbons (Fsp3) is 0.571. The van der Waals surface area contributed by atoms with Gasteiger partial charge in [0.15, 0.2) is 0 Å². The minimum Gasteiger partial charge on any atom is -0.381 e. The zero-order valence-electron chi connectivity index (χ0n) is 10.3. The van der Waals surface area contributed by atoms with Crippen LogP contribution in [-0.2, 0) is 4.74 Å². The number of halogens is 1. The Balaban J connectivity index is 1.68. The molecule has 2 heterocycles. The third-order valence-corrected chi connectivity index (χ3v) is 5.05. The highest BCUT2D eigenvalue weighted by Gasteiger charge is 2.23. The van der Waals surface area contributed by atoms with Gasteiger partial charge in [-0.25, -0.2) is 0 Å². The Bertz CT molecular complexity index is 420. The molecule has 1 aromatic rings. The predicted molar refractivity (Wildman–Crippen MR) is 76.5 cm³/mol. The van der Waals surface area contributed by atoms with Gasteiger partial charge < -0.3 is 10.1 Å². The maximum atomic E-state index is 6.11. The number of hydrogen-bond donors (Lipinski definition) is 1. The summed E-state index contributed by atoms with van der Waals surface area (Å²) >= 11 is 8.05. The molecule has 0 aliphatic carbocycles. The van der Waals surface area contributed by atoms with Gasteiger partial charge >= 0.3 is 0 Å². The molecular weight excluding hydrogens is 266 g/mol. The summed E-state index contributed by atoms with van der Waals surface area (Å²) in [7, 11) is 0. The summed E-state index contributed by atoms with van der Waals surface area (Å²) < 4.78 is 5.42. The van der Waals surface area contributed by atoms with Crippen LogP contribution in [0.3, 0.4) is 0 Å². The van der Waals surface area contributed by atoms with E-state index in [1.165, 1.54) is 29.1 Å². The van der Waals surface area contributed by atoms with Crippen molar-refractivity contribution >= 4 is 23.4 Å². The largest absolute Gasteiger partial charge is 0.381 e. The van der Waals surface area contributed by atoms with Crippen LogP contribution < -0.4 is 5.32 Å². The third-order valence-electron chi connectivity index (χ3n) is 3.69. The Morgan fingerprint density at radius 3 is 3.17 bits per heavy atom. The van der Waals surface area contributed by atoms with Crippen LogP contribution in [-0.4, -0.2) is 25.5 Å². The maximum absolute atomic E-state index is 6.11. The molecule has 0 radical (unpaired) electrons. The van der Waals surface area contributed by atoms with Gasteiger partial charge in [-0.2, -0.15) is 0 Å². The second kappa shape index (κ2) is 5.83. The van der Waals surface area contributed by atoms with Crippen molar-refractivity contribution in [2.45, 2.75) is 23.8 Å². The number of thioether (sulfide) groups is 1. The van der Waals surface area contributed by atoms with Gasteiger partial charge in [-0.1, -0.05) is 11.6 Å². The molecule has 0 saturated carbocycles. The average Bonchev–Trinajstić information content (AvgIpc) is 2.89. The summed E-state index contributed by atoms with van der Waals surface area (Å²) in [6.07, 6.45) is 2.38. The molecule has 98 valence electrons. The normalized spacial score (nSPS) is 27.2. The van der Waals surface area contributed by atoms with Gasteiger partial charge in [0.1, 0.15) is 0 Å². The van der Waals surface area contributed by atoms with E-state index in [4.69, 9.17) is 16.3 Å². The van der Waals surface area contributed by atoms with Crippen molar-refractivity contribution < 1.29 is 4.74 Å². The molecule has 3 rings (SSSR count). The average molecular weight is 284 g/mol. The van der Waals surface area contributed by atoms with Crippen LogP contribution in [0.4, 0.5) is 0 Å². The van der Waals surface area contributed by atoms with E-state index in [9.17, 15) is 0 Å². The summed E-state index contributed by atoms with van der Waals surface area (Å²) in [6, 6.07) is 6.71. The quantitative estimate of drug-likeness (QED) is 0.917. The van der Waals surface area contributed by atoms with E-state index in [2.05, 4.69) is 17.4 Å². The summed E-state index contributed by atoms with van der Waals surface area (Å²) in [5.74, 6) is 1.87. The van der Waals surface area contributed by atoms with Gasteiger partial charge in [0.25, 0.3) is 0 Å². The molecule has 2 nitrogen and oxygen atoms in total. The SMILES string of the molecule is Clc1ccc2c(c1)C(NCC1CCOC1)CCS2. The zero-order valence-corrected chi connectivity index (χ0v) is 11.9. The first kappa shape index (κ1) is 12.8. The van der Waals surface area contributed by atoms with Gasteiger partial charge in [-0.15, -0.1) is 11.8 Å². The van der Waals surface area contributed by atoms with Crippen molar-refractivity contribution in [2.24, 2.45) is 5.92 Å². The van der Waals surface area contributed by atoms with Gasteiger partial charge in [-0.3, -0.25) is 0 Å². The number of fused-ring (bicyclic) bond motifs is 1. The summed E-state index contributed by atoms with van der Waals surface area (Å²) in [4.78, 5) is 1.38. The molecule has 18 heavy (non-hydrogen) atoms. The summed E-state index contributed by atoms with van der Waals surface area (Å²) in [5.41, 5.74) is 1.37. The second-order valence-corrected chi connectivity index (χ2v) is 6.58. The van der Waals surface area contributed by atoms with Gasteiger partial charge in [0.05, 0.1) is 6.61 Å². The first-order chi connectivity index (χ1) is 8.83. The van der Waals surface area contributed by atoms with E-state index in [0.717, 1.165) is 24.8 Å². The monoisotopic (exact) mass is 283 g/mol. The van der Waals surface area contributed by atoms with Crippen LogP contribution in [0.25, 0.3) is 0 Å². The lowest BCUT2D eigenvalue weighted by atomic mass is 10.0. The number of rotatable bonds is 3. The minimum absolute atomic E-state index is 0.459. The number of nitrogens with one attached hydrogen (secondary N) is 1. The topological polar surface area (TPSA) is 21.3 Å². The minimum atomic E-state index is 0.459. The zero-order chi connectivity index (χ0) is 12.4. The van der Waals surface area contributed by atoms with E-state index in [-0.39, 0.29) is 0 Å². The van der Waals surface area contributed by atoms with Gasteiger partial charge in [0, 0.05) is 29.1 Å². The van der Waals surface area contributed by atoms with E-state index < -0.39 is 0 Å². The van der Waals surface area contributed by atoms with Crippen LogP contribution >= 0.6 is 23.4 Å². The predicted octanol–water partition coefficient (Wildman–Crippen LogP) is 3.50. The molecule has 2 atom stereocenters. The van der Waals surface area contributed by atoms with Crippen LogP contribution in [0, 0.1) is 5.92 Å². The molecule has 0 amide bonds. The van der Waals surface area contributed by atoms with Crippen molar-refractivity contribution in [3.05, 3.63) is 28.8 Å². The maximum Gasteiger partial charge on any atom is 0.0507 e. The standard InChI is InChI=1S/C14H18ClNOS/c15-11-1-2-14-12(7-11)13(4-6-18-14)16-8-10-3-5-17-9-10/h1-2,7,10,13,16H,3-6,8-9H2. The van der Waals surface area contributed by atoms with Crippen molar-refractivity contribution in [1.29, 1.82) is 0 Å². The number of hydrogen-bond acceptors (Lipinski definition) is 3. The Morgan fingerprint density at radius 2 is 2.33 bits per heavy atom. The second-order valence-electron chi connectivity index (χ2n) is 5.01. The Hall–Kier alpha value is -0.220. The molecule has 2 unspecified atom stereocenters. The molecule has 2 aliphatic rings. The Labute approximate surface area is 117 Å². The highest BCUT2D eigenvalue weighted by molar-refractivity contribution is 7.99. The van der Waals surface area contributed by atoms with Crippen molar-refractivity contribution in [3.63, 3.8) is 0 Å². The van der Waals surface area contributed by atoms with E-state index in [1.54, 1.807) is 0 Å². The number of benzene rings is 1. The van der Waals surface area contributed by atoms with E-state index in [0.29, 0.717) is 12.0 Å². The van der Waals surface area contributed by atoms with E-state index in [1.807, 2.05) is 17.8 Å². The highest BCUT2D eigenvalue weighted by atomic mass is 35.5. The van der Waals surface area contributed by atoms with Crippen LogP contribution in [0.2, 0.25) is 5.02 Å². The highest BCUT2D eigenvalue weighted by Crippen LogP contribution is 2.37. The van der Waals surface area contributed by atoms with E-state index >= 15 is 0 Å². The van der Waals surface area contributed by atoms with Gasteiger partial charge in [0.2, 0.25) is 0 Å². The van der Waals surface area contributed by atoms with Crippen molar-refractivity contribution in [1.82, 2.24) is 5.32 Å². The van der Waals surface area contributed by atoms with Gasteiger partial charge in [-0.05, 0) is 48.3 Å². The van der Waals surface area contributed by atoms with Crippen LogP contribution in [0.5, 0.6) is 0 Å². The molecule has 2 aliphatic heterocycles. The smallest absolute Gasteiger partial charge is 0.0507 e. The molecule has 0 aromatic heterocycles. The molecule has 1 aromatic carbocycles. The Kier molecular flexibility index (Phi) is 4.14. The fourth-order valence-corrected chi connectivity index (χ4v) is 3.92. The molecular formula is C14H18ClNOS. The molecule has 1 fully saturated rings. The molecule has 1 N–H and O–H groups in total. The van der Waals surface area contributed by atoms with Crippen molar-refractivity contribution in [2.75, 3.05) is 25.5 Å². The van der Waals surface area contributed by atoms with Crippen LogP contribution in [0.15, 0.2) is 23.1 Å². The summed E-state index contributed by atoms with van der Waals surface area (Å²) in [6.45, 7) is 2.90. The first-order valence-electron chi connectivity index (χ1n) is 6.56. The Morgan fingerprint density at radius 1 is 1.39 bits per heavy atom. The molecule has 1 saturated heterocycles. The van der Waals surface area contributed by atoms with Crippen molar-refractivity contribution in [3.8, 4) is 0 Å². The third kappa shape index (κ3) is 2.85.